The molecule has 5 nitrogen and oxygen atoms in total. The number of aryl methyl sites for hydroxylation is 1. The van der Waals surface area contributed by atoms with Crippen LogP contribution in [0.3, 0.4) is 0 Å². The maximum Gasteiger partial charge on any atom is 0.267 e. The van der Waals surface area contributed by atoms with Crippen molar-refractivity contribution in [3.63, 3.8) is 0 Å². The summed E-state index contributed by atoms with van der Waals surface area (Å²) < 4.78 is 3.90. The van der Waals surface area contributed by atoms with E-state index in [1.165, 1.54) is 0 Å². The highest BCUT2D eigenvalue weighted by Crippen LogP contribution is 2.22. The quantitative estimate of drug-likeness (QED) is 0.610. The Kier molecular flexibility index (Phi) is 3.93. The molecule has 25 heavy (non-hydrogen) atoms. The number of fused-ring (bicyclic) bond motifs is 2. The SMILES string of the molecule is Cn1c(C(=O)NCCn2cnc3ccccc32)cc2ccc(Cl)cc21. The van der Waals surface area contributed by atoms with Crippen LogP contribution in [0.2, 0.25) is 5.02 Å². The van der Waals surface area contributed by atoms with Crippen LogP contribution in [-0.2, 0) is 13.6 Å². The standard InChI is InChI=1S/C19H17ClN4O/c1-23-17-11-14(20)7-6-13(17)10-18(23)19(25)21-8-9-24-12-22-15-4-2-3-5-16(15)24/h2-7,10-12H,8-9H2,1H3,(H,21,25). The summed E-state index contributed by atoms with van der Waals surface area (Å²) in [5, 5.41) is 4.63. The van der Waals surface area contributed by atoms with Crippen molar-refractivity contribution in [1.82, 2.24) is 19.4 Å². The fourth-order valence-corrected chi connectivity index (χ4v) is 3.26. The minimum atomic E-state index is -0.0979. The number of hydrogen-bond donors (Lipinski definition) is 1. The number of benzene rings is 2. The zero-order chi connectivity index (χ0) is 17.4. The second-order valence-electron chi connectivity index (χ2n) is 5.97. The minimum absolute atomic E-state index is 0.0979. The predicted molar refractivity (Wildman–Crippen MR) is 100.0 cm³/mol. The first-order valence-electron chi connectivity index (χ1n) is 8.06. The molecular formula is C19H17ClN4O. The zero-order valence-corrected chi connectivity index (χ0v) is 14.5. The molecule has 126 valence electrons. The molecule has 4 rings (SSSR count). The Balaban J connectivity index is 1.48. The monoisotopic (exact) mass is 352 g/mol. The van der Waals surface area contributed by atoms with Gasteiger partial charge < -0.3 is 14.5 Å². The van der Waals surface area contributed by atoms with Gasteiger partial charge in [-0.05, 0) is 30.3 Å². The van der Waals surface area contributed by atoms with Gasteiger partial charge in [0.1, 0.15) is 5.69 Å². The number of carbonyl (C=O) groups excluding carboxylic acids is 1. The Labute approximate surface area is 149 Å². The van der Waals surface area contributed by atoms with Crippen molar-refractivity contribution in [3.8, 4) is 0 Å². The smallest absolute Gasteiger partial charge is 0.267 e. The average Bonchev–Trinajstić information content (AvgIpc) is 3.17. The highest BCUT2D eigenvalue weighted by molar-refractivity contribution is 6.31. The van der Waals surface area contributed by atoms with E-state index in [2.05, 4.69) is 10.3 Å². The van der Waals surface area contributed by atoms with Crippen LogP contribution in [-0.4, -0.2) is 26.6 Å². The van der Waals surface area contributed by atoms with Gasteiger partial charge in [-0.2, -0.15) is 0 Å². The van der Waals surface area contributed by atoms with Gasteiger partial charge in [-0.25, -0.2) is 4.98 Å². The van der Waals surface area contributed by atoms with E-state index in [0.29, 0.717) is 23.8 Å². The summed E-state index contributed by atoms with van der Waals surface area (Å²) in [6.45, 7) is 1.20. The van der Waals surface area contributed by atoms with Crippen LogP contribution in [0.1, 0.15) is 10.5 Å². The molecule has 0 saturated carbocycles. The van der Waals surface area contributed by atoms with Gasteiger partial charge in [0.25, 0.3) is 5.91 Å². The number of hydrogen-bond acceptors (Lipinski definition) is 2. The molecule has 0 atom stereocenters. The summed E-state index contributed by atoms with van der Waals surface area (Å²) in [5.74, 6) is -0.0979. The second-order valence-corrected chi connectivity index (χ2v) is 6.41. The number of aromatic nitrogens is 3. The maximum absolute atomic E-state index is 12.5. The first-order chi connectivity index (χ1) is 12.1. The van der Waals surface area contributed by atoms with Crippen molar-refractivity contribution in [2.24, 2.45) is 7.05 Å². The van der Waals surface area contributed by atoms with Crippen LogP contribution in [0.5, 0.6) is 0 Å². The first kappa shape index (κ1) is 15.7. The van der Waals surface area contributed by atoms with Crippen LogP contribution >= 0.6 is 11.6 Å². The summed E-state index contributed by atoms with van der Waals surface area (Å²) in [5.41, 5.74) is 3.58. The molecule has 0 radical (unpaired) electrons. The van der Waals surface area contributed by atoms with Gasteiger partial charge in [0.2, 0.25) is 0 Å². The summed E-state index contributed by atoms with van der Waals surface area (Å²) >= 11 is 6.05. The van der Waals surface area contributed by atoms with Gasteiger partial charge in [-0.15, -0.1) is 0 Å². The van der Waals surface area contributed by atoms with Crippen LogP contribution in [0.15, 0.2) is 54.9 Å². The van der Waals surface area contributed by atoms with Crippen LogP contribution in [0.25, 0.3) is 21.9 Å². The molecule has 2 heterocycles. The molecular weight excluding hydrogens is 336 g/mol. The molecule has 0 fully saturated rings. The lowest BCUT2D eigenvalue weighted by molar-refractivity contribution is 0.0944. The lowest BCUT2D eigenvalue weighted by Crippen LogP contribution is -2.28. The van der Waals surface area contributed by atoms with E-state index in [1.54, 1.807) is 6.33 Å². The Morgan fingerprint density at radius 2 is 2.00 bits per heavy atom. The Bertz CT molecular complexity index is 1080. The first-order valence-corrected chi connectivity index (χ1v) is 8.44. The van der Waals surface area contributed by atoms with E-state index >= 15 is 0 Å². The van der Waals surface area contributed by atoms with Crippen LogP contribution in [0, 0.1) is 0 Å². The normalized spacial score (nSPS) is 11.3. The molecule has 0 aliphatic heterocycles. The second kappa shape index (κ2) is 6.26. The summed E-state index contributed by atoms with van der Waals surface area (Å²) in [4.78, 5) is 16.9. The van der Waals surface area contributed by atoms with Gasteiger partial charge >= 0.3 is 0 Å². The third kappa shape index (κ3) is 2.87. The van der Waals surface area contributed by atoms with Gasteiger partial charge in [0, 0.05) is 36.1 Å². The molecule has 6 heteroatoms. The molecule has 4 aromatic rings. The third-order valence-electron chi connectivity index (χ3n) is 4.41. The Hall–Kier alpha value is -2.79. The van der Waals surface area contributed by atoms with E-state index in [9.17, 15) is 4.79 Å². The summed E-state index contributed by atoms with van der Waals surface area (Å²) in [6, 6.07) is 15.5. The average molecular weight is 353 g/mol. The molecule has 1 amide bonds. The number of halogens is 1. The Morgan fingerprint density at radius 1 is 1.16 bits per heavy atom. The number of amides is 1. The number of rotatable bonds is 4. The van der Waals surface area contributed by atoms with E-state index in [0.717, 1.165) is 21.9 Å². The molecule has 0 aliphatic rings. The largest absolute Gasteiger partial charge is 0.349 e. The fourth-order valence-electron chi connectivity index (χ4n) is 3.09. The van der Waals surface area contributed by atoms with E-state index in [1.807, 2.05) is 64.7 Å². The highest BCUT2D eigenvalue weighted by Gasteiger charge is 2.13. The Morgan fingerprint density at radius 3 is 2.88 bits per heavy atom. The van der Waals surface area contributed by atoms with Gasteiger partial charge in [0.05, 0.1) is 17.4 Å². The third-order valence-corrected chi connectivity index (χ3v) is 4.64. The molecule has 0 unspecified atom stereocenters. The summed E-state index contributed by atoms with van der Waals surface area (Å²) in [7, 11) is 1.87. The predicted octanol–water partition coefficient (Wildman–Crippen LogP) is 3.61. The number of para-hydroxylation sites is 2. The molecule has 1 N–H and O–H groups in total. The lowest BCUT2D eigenvalue weighted by Gasteiger charge is -2.08. The molecule has 2 aromatic heterocycles. The lowest BCUT2D eigenvalue weighted by atomic mass is 10.2. The van der Waals surface area contributed by atoms with Crippen molar-refractivity contribution < 1.29 is 4.79 Å². The van der Waals surface area contributed by atoms with Crippen LogP contribution in [0.4, 0.5) is 0 Å². The molecule has 2 aromatic carbocycles. The van der Waals surface area contributed by atoms with E-state index in [-0.39, 0.29) is 5.91 Å². The molecule has 0 aliphatic carbocycles. The van der Waals surface area contributed by atoms with Crippen molar-refractivity contribution >= 4 is 39.4 Å². The zero-order valence-electron chi connectivity index (χ0n) is 13.7. The van der Waals surface area contributed by atoms with Gasteiger partial charge in [0.15, 0.2) is 0 Å². The molecule has 0 saturated heterocycles. The maximum atomic E-state index is 12.5. The number of nitrogens with one attached hydrogen (secondary N) is 1. The van der Waals surface area contributed by atoms with Crippen molar-refractivity contribution in [2.75, 3.05) is 6.54 Å². The number of nitrogens with zero attached hydrogens (tertiary/aromatic N) is 3. The molecule has 0 spiro atoms. The number of imidazole rings is 1. The molecule has 0 bridgehead atoms. The fraction of sp³-hybridized carbons (Fsp3) is 0.158. The minimum Gasteiger partial charge on any atom is -0.349 e. The summed E-state index contributed by atoms with van der Waals surface area (Å²) in [6.07, 6.45) is 1.80. The van der Waals surface area contributed by atoms with Gasteiger partial charge in [-0.3, -0.25) is 4.79 Å². The van der Waals surface area contributed by atoms with Crippen molar-refractivity contribution in [1.29, 1.82) is 0 Å². The topological polar surface area (TPSA) is 51.9 Å². The van der Waals surface area contributed by atoms with Gasteiger partial charge in [-0.1, -0.05) is 29.8 Å². The van der Waals surface area contributed by atoms with Crippen molar-refractivity contribution in [3.05, 3.63) is 65.6 Å². The van der Waals surface area contributed by atoms with Crippen molar-refractivity contribution in [2.45, 2.75) is 6.54 Å². The van der Waals surface area contributed by atoms with E-state index < -0.39 is 0 Å². The highest BCUT2D eigenvalue weighted by atomic mass is 35.5. The van der Waals surface area contributed by atoms with E-state index in [4.69, 9.17) is 11.6 Å². The number of carbonyl (C=O) groups is 1. The van der Waals surface area contributed by atoms with Crippen LogP contribution < -0.4 is 5.32 Å².